The minimum absolute atomic E-state index is 0.0161. The van der Waals surface area contributed by atoms with Crippen molar-refractivity contribution in [3.05, 3.63) is 23.3 Å². The van der Waals surface area contributed by atoms with E-state index in [-0.39, 0.29) is 24.7 Å². The number of nitrogens with zero attached hydrogens (tertiary/aromatic N) is 1. The van der Waals surface area contributed by atoms with E-state index in [9.17, 15) is 24.6 Å². The molecule has 0 aromatic heterocycles. The van der Waals surface area contributed by atoms with Crippen molar-refractivity contribution in [3.8, 4) is 11.5 Å². The van der Waals surface area contributed by atoms with Crippen LogP contribution in [0.25, 0.3) is 0 Å². The smallest absolute Gasteiger partial charge is 0.370 e. The topological polar surface area (TPSA) is 123 Å². The predicted molar refractivity (Wildman–Crippen MR) is 129 cm³/mol. The van der Waals surface area contributed by atoms with Gasteiger partial charge in [0.1, 0.15) is 17.1 Å². The molecule has 36 heavy (non-hydrogen) atoms. The Hall–Kier alpha value is -2.65. The predicted octanol–water partition coefficient (Wildman–Crippen LogP) is 3.18. The minimum atomic E-state index is -1.28. The highest BCUT2D eigenvalue weighted by Crippen LogP contribution is 2.56. The number of unbranched alkanes of at least 4 members (excludes halogenated alkanes) is 2. The maximum absolute atomic E-state index is 12.5. The molecule has 9 nitrogen and oxygen atoms in total. The summed E-state index contributed by atoms with van der Waals surface area (Å²) in [6.07, 6.45) is 3.79. The molecule has 1 aliphatic carbocycles. The molecule has 2 unspecified atom stereocenters. The summed E-state index contributed by atoms with van der Waals surface area (Å²) in [6, 6.07) is 3.90. The normalized spacial score (nSPS) is 28.8. The Morgan fingerprint density at radius 3 is 2.53 bits per heavy atom. The summed E-state index contributed by atoms with van der Waals surface area (Å²) >= 11 is 0. The quantitative estimate of drug-likeness (QED) is 0.410. The lowest BCUT2D eigenvalue weighted by atomic mass is 9.62. The second kappa shape index (κ2) is 10.0. The fraction of sp³-hybridized carbons (Fsp3) is 0.667. The van der Waals surface area contributed by atoms with E-state index in [0.717, 1.165) is 36.8 Å². The molecule has 9 heteroatoms. The third-order valence-corrected chi connectivity index (χ3v) is 7.73. The van der Waals surface area contributed by atoms with Crippen LogP contribution in [0.15, 0.2) is 12.1 Å². The molecule has 2 fully saturated rings. The number of imide groups is 1. The maximum atomic E-state index is 12.5. The highest BCUT2D eigenvalue weighted by atomic mass is 16.7. The minimum Gasteiger partial charge on any atom is -0.487 e. The molecule has 198 valence electrons. The lowest BCUT2D eigenvalue weighted by Gasteiger charge is -2.52. The molecule has 2 aliphatic heterocycles. The van der Waals surface area contributed by atoms with E-state index >= 15 is 0 Å². The monoisotopic (exact) mass is 503 g/mol. The average Bonchev–Trinajstić information content (AvgIpc) is 3.10. The zero-order valence-electron chi connectivity index (χ0n) is 21.5. The van der Waals surface area contributed by atoms with Crippen molar-refractivity contribution in [1.82, 2.24) is 5.06 Å². The molecule has 2 heterocycles. The molecular weight excluding hydrogens is 466 g/mol. The molecule has 1 saturated heterocycles. The summed E-state index contributed by atoms with van der Waals surface area (Å²) in [5, 5.41) is 22.0. The van der Waals surface area contributed by atoms with Crippen LogP contribution in [0.2, 0.25) is 0 Å². The van der Waals surface area contributed by atoms with Crippen LogP contribution in [0.5, 0.6) is 11.5 Å². The van der Waals surface area contributed by atoms with Crippen molar-refractivity contribution in [1.29, 1.82) is 0 Å². The highest BCUT2D eigenvalue weighted by Gasteiger charge is 2.53. The Labute approximate surface area is 211 Å². The Kier molecular flexibility index (Phi) is 7.35. The van der Waals surface area contributed by atoms with Crippen molar-refractivity contribution < 1.29 is 38.9 Å². The summed E-state index contributed by atoms with van der Waals surface area (Å²) in [7, 11) is 0. The van der Waals surface area contributed by atoms with Gasteiger partial charge < -0.3 is 24.5 Å². The first-order valence-corrected chi connectivity index (χ1v) is 12.9. The molecule has 4 atom stereocenters. The van der Waals surface area contributed by atoms with Crippen molar-refractivity contribution in [2.45, 2.75) is 102 Å². The van der Waals surface area contributed by atoms with Gasteiger partial charge in [-0.3, -0.25) is 9.59 Å². The Morgan fingerprint density at radius 1 is 1.17 bits per heavy atom. The molecule has 0 bridgehead atoms. The summed E-state index contributed by atoms with van der Waals surface area (Å²) in [6.45, 7) is 7.26. The van der Waals surface area contributed by atoms with Gasteiger partial charge in [0.25, 0.3) is 11.8 Å². The third-order valence-electron chi connectivity index (χ3n) is 7.73. The fourth-order valence-corrected chi connectivity index (χ4v) is 5.68. The molecule has 1 aromatic carbocycles. The molecular formula is C27H37NO8. The Morgan fingerprint density at radius 2 is 1.86 bits per heavy atom. The number of carbonyl (C=O) groups is 3. The van der Waals surface area contributed by atoms with E-state index in [1.807, 2.05) is 26.0 Å². The molecule has 4 rings (SSSR count). The van der Waals surface area contributed by atoms with Crippen molar-refractivity contribution in [3.63, 3.8) is 0 Å². The van der Waals surface area contributed by atoms with Gasteiger partial charge in [-0.1, -0.05) is 19.8 Å². The number of carbonyl (C=O) groups excluding carboxylic acids is 3. The van der Waals surface area contributed by atoms with Crippen LogP contribution in [0.3, 0.4) is 0 Å². The Bertz CT molecular complexity index is 1020. The molecule has 2 amide bonds. The number of aryl methyl sites for hydroxylation is 1. The van der Waals surface area contributed by atoms with Crippen molar-refractivity contribution >= 4 is 17.8 Å². The molecule has 1 aromatic rings. The van der Waals surface area contributed by atoms with Gasteiger partial charge >= 0.3 is 5.97 Å². The van der Waals surface area contributed by atoms with Gasteiger partial charge in [-0.05, 0) is 64.2 Å². The molecule has 3 aliphatic rings. The number of fused-ring (bicyclic) bond motifs is 3. The fourth-order valence-electron chi connectivity index (χ4n) is 5.68. The Balaban J connectivity index is 1.63. The van der Waals surface area contributed by atoms with Gasteiger partial charge in [-0.15, -0.1) is 5.06 Å². The van der Waals surface area contributed by atoms with E-state index in [1.54, 1.807) is 6.92 Å². The number of amides is 2. The largest absolute Gasteiger partial charge is 0.487 e. The number of aliphatic hydroxyl groups is 2. The standard InChI is InChI=1S/C27H37NO8/c1-5-6-7-8-16-11-19(34-15-24(32)36-28-22(30)9-10-23(28)31)25-17-14-27(4,33)21(29)13-18(17)26(2,3)35-20(25)12-16/h11-12,17-18,21,29,33H,5-10,13-15H2,1-4H3/t17-,18-,21?,27?/m1/s1. The summed E-state index contributed by atoms with van der Waals surface area (Å²) in [4.78, 5) is 41.0. The van der Waals surface area contributed by atoms with E-state index in [2.05, 4.69) is 6.92 Å². The number of hydroxylamine groups is 2. The molecule has 2 N–H and O–H groups in total. The maximum Gasteiger partial charge on any atom is 0.370 e. The SMILES string of the molecule is CCCCCc1cc(OCC(=O)ON2C(=O)CCC2=O)c2c(c1)OC(C)(C)[C@@H]1CC(O)C(C)(O)C[C@@H]21. The number of ether oxygens (including phenoxy) is 2. The van der Waals surface area contributed by atoms with Crippen LogP contribution in [0.4, 0.5) is 0 Å². The average molecular weight is 504 g/mol. The number of aliphatic hydroxyl groups excluding tert-OH is 1. The number of hydrogen-bond acceptors (Lipinski definition) is 8. The zero-order valence-corrected chi connectivity index (χ0v) is 21.5. The molecule has 0 radical (unpaired) electrons. The van der Waals surface area contributed by atoms with Crippen molar-refractivity contribution in [2.75, 3.05) is 6.61 Å². The highest BCUT2D eigenvalue weighted by molar-refractivity contribution is 6.01. The van der Waals surface area contributed by atoms with Gasteiger partial charge in [0.05, 0.1) is 11.7 Å². The zero-order chi connectivity index (χ0) is 26.3. The van der Waals surface area contributed by atoms with Gasteiger partial charge in [0.15, 0.2) is 6.61 Å². The van der Waals surface area contributed by atoms with Crippen LogP contribution >= 0.6 is 0 Å². The lowest BCUT2D eigenvalue weighted by Crippen LogP contribution is -2.55. The second-order valence-electron chi connectivity index (χ2n) is 11.0. The lowest BCUT2D eigenvalue weighted by molar-refractivity contribution is -0.198. The third kappa shape index (κ3) is 5.22. The van der Waals surface area contributed by atoms with Gasteiger partial charge in [0.2, 0.25) is 0 Å². The van der Waals surface area contributed by atoms with Crippen LogP contribution in [-0.4, -0.2) is 57.0 Å². The second-order valence-corrected chi connectivity index (χ2v) is 11.0. The van der Waals surface area contributed by atoms with E-state index in [1.165, 1.54) is 0 Å². The first kappa shape index (κ1) is 26.4. The van der Waals surface area contributed by atoms with Crippen molar-refractivity contribution in [2.24, 2.45) is 5.92 Å². The van der Waals surface area contributed by atoms with Crippen LogP contribution in [0.1, 0.15) is 89.7 Å². The van der Waals surface area contributed by atoms with Gasteiger partial charge in [0, 0.05) is 30.2 Å². The van der Waals surface area contributed by atoms with E-state index in [4.69, 9.17) is 14.3 Å². The first-order chi connectivity index (χ1) is 16.9. The number of benzene rings is 1. The van der Waals surface area contributed by atoms with Gasteiger partial charge in [-0.2, -0.15) is 0 Å². The summed E-state index contributed by atoms with van der Waals surface area (Å²) in [5.74, 6) is -1.11. The molecule has 1 saturated carbocycles. The summed E-state index contributed by atoms with van der Waals surface area (Å²) < 4.78 is 12.4. The van der Waals surface area contributed by atoms with Crippen LogP contribution in [0, 0.1) is 5.92 Å². The van der Waals surface area contributed by atoms with Gasteiger partial charge in [-0.25, -0.2) is 4.79 Å². The van der Waals surface area contributed by atoms with E-state index < -0.39 is 41.7 Å². The van der Waals surface area contributed by atoms with Crippen LogP contribution in [-0.2, 0) is 25.6 Å². The summed E-state index contributed by atoms with van der Waals surface area (Å²) in [5.41, 5.74) is -0.0958. The molecule has 0 spiro atoms. The number of hydrogen-bond donors (Lipinski definition) is 2. The van der Waals surface area contributed by atoms with E-state index in [0.29, 0.717) is 29.4 Å². The number of rotatable bonds is 8. The van der Waals surface area contributed by atoms with Crippen LogP contribution < -0.4 is 9.47 Å². The first-order valence-electron chi connectivity index (χ1n) is 12.9.